The molecule has 0 spiro atoms. The third kappa shape index (κ3) is 8.26. The van der Waals surface area contributed by atoms with Gasteiger partial charge in [0.2, 0.25) is 6.41 Å². The number of carboxylic acids is 1. The molecule has 0 aliphatic rings. The lowest BCUT2D eigenvalue weighted by atomic mass is 9.94. The Morgan fingerprint density at radius 3 is 2.00 bits per heavy atom. The van der Waals surface area contributed by atoms with E-state index in [4.69, 9.17) is 10.3 Å². The number of carbonyl (C=O) groups is 2. The first-order valence-corrected chi connectivity index (χ1v) is 8.32. The average Bonchev–Trinajstić information content (AvgIpc) is 2.56. The van der Waals surface area contributed by atoms with Crippen LogP contribution in [0, 0.1) is 0 Å². The number of carboxylic acid groups (broad SMARTS) is 1. The Hall–Kier alpha value is -2.20. The molecule has 26 heavy (non-hydrogen) atoms. The number of nitrogens with one attached hydrogen (secondary N) is 3. The van der Waals surface area contributed by atoms with Crippen LogP contribution in [0.1, 0.15) is 47.5 Å². The molecule has 150 valence electrons. The van der Waals surface area contributed by atoms with E-state index in [1.807, 2.05) is 13.8 Å². The number of nitrogens with zero attached hydrogens (tertiary/aromatic N) is 2. The lowest BCUT2D eigenvalue weighted by Gasteiger charge is -2.32. The van der Waals surface area contributed by atoms with E-state index in [1.54, 1.807) is 20.8 Å². The fourth-order valence-electron chi connectivity index (χ4n) is 2.11. The van der Waals surface area contributed by atoms with Gasteiger partial charge in [0.05, 0.1) is 35.0 Å². The quantitative estimate of drug-likeness (QED) is 0.118. The predicted octanol–water partition coefficient (Wildman–Crippen LogP) is 0.383. The Morgan fingerprint density at radius 1 is 1.04 bits per heavy atom. The molecule has 0 aromatic heterocycles. The molecule has 0 aliphatic heterocycles. The normalized spacial score (nSPS) is 14.8. The summed E-state index contributed by atoms with van der Waals surface area (Å²) in [5.41, 5.74) is -0.516. The molecule has 0 aliphatic carbocycles. The molecule has 0 radical (unpaired) electrons. The molecule has 1 atom stereocenters. The minimum atomic E-state index is -0.977. The molecule has 0 aromatic carbocycles. The van der Waals surface area contributed by atoms with Crippen molar-refractivity contribution in [1.29, 1.82) is 0 Å². The lowest BCUT2D eigenvalue weighted by Crippen LogP contribution is -2.57. The summed E-state index contributed by atoms with van der Waals surface area (Å²) in [6.45, 7) is 9.64. The minimum absolute atomic E-state index is 0.106. The van der Waals surface area contributed by atoms with E-state index in [-0.39, 0.29) is 18.9 Å². The summed E-state index contributed by atoms with van der Waals surface area (Å²) in [6.07, 6.45) is 0.553. The van der Waals surface area contributed by atoms with Crippen molar-refractivity contribution in [2.75, 3.05) is 13.1 Å². The monoisotopic (exact) mass is 373 g/mol. The molecule has 6 N–H and O–H groups in total. The summed E-state index contributed by atoms with van der Waals surface area (Å²) in [7, 11) is 0. The fourth-order valence-corrected chi connectivity index (χ4v) is 2.11. The highest BCUT2D eigenvalue weighted by molar-refractivity contribution is 5.94. The van der Waals surface area contributed by atoms with Gasteiger partial charge in [-0.05, 0) is 34.6 Å². The van der Waals surface area contributed by atoms with E-state index < -0.39 is 17.0 Å². The molecule has 1 amide bonds. The van der Waals surface area contributed by atoms with Gasteiger partial charge in [0.25, 0.3) is 0 Å². The van der Waals surface area contributed by atoms with Crippen LogP contribution in [0.5, 0.6) is 0 Å². The first-order chi connectivity index (χ1) is 12.0. The van der Waals surface area contributed by atoms with Crippen molar-refractivity contribution >= 4 is 23.8 Å². The molecular weight excluding hydrogens is 342 g/mol. The maximum absolute atomic E-state index is 10.9. The van der Waals surface area contributed by atoms with Crippen molar-refractivity contribution in [3.05, 3.63) is 0 Å². The molecule has 0 bridgehead atoms. The van der Waals surface area contributed by atoms with Crippen LogP contribution in [0.4, 0.5) is 0 Å². The van der Waals surface area contributed by atoms with E-state index >= 15 is 0 Å². The number of rotatable bonds is 13. The highest BCUT2D eigenvalue weighted by atomic mass is 16.4. The van der Waals surface area contributed by atoms with Crippen LogP contribution in [0.25, 0.3) is 0 Å². The molecule has 0 fully saturated rings. The maximum Gasteiger partial charge on any atom is 0.303 e. The van der Waals surface area contributed by atoms with Crippen molar-refractivity contribution < 1.29 is 25.1 Å². The summed E-state index contributed by atoms with van der Waals surface area (Å²) >= 11 is 0. The molecule has 0 rings (SSSR count). The van der Waals surface area contributed by atoms with Crippen molar-refractivity contribution in [2.45, 2.75) is 64.6 Å². The zero-order valence-electron chi connectivity index (χ0n) is 16.0. The summed E-state index contributed by atoms with van der Waals surface area (Å²) in [4.78, 5) is 21.6. The van der Waals surface area contributed by atoms with Gasteiger partial charge in [-0.3, -0.25) is 9.59 Å². The van der Waals surface area contributed by atoms with Crippen LogP contribution in [0.15, 0.2) is 10.3 Å². The SMILES string of the molecule is C/C(=N\O)C(C)(C)NCC(CNC(C)(C)/C(CCC(=O)O)=N/O)NC=O. The van der Waals surface area contributed by atoms with Gasteiger partial charge in [-0.25, -0.2) is 0 Å². The second-order valence-electron chi connectivity index (χ2n) is 7.12. The Morgan fingerprint density at radius 2 is 1.58 bits per heavy atom. The molecule has 1 unspecified atom stereocenters. The third-order valence-electron chi connectivity index (χ3n) is 4.36. The molecule has 0 saturated heterocycles. The predicted molar refractivity (Wildman–Crippen MR) is 98.1 cm³/mol. The Kier molecular flexibility index (Phi) is 9.81. The van der Waals surface area contributed by atoms with Gasteiger partial charge in [0.1, 0.15) is 0 Å². The topological polar surface area (TPSA) is 156 Å². The van der Waals surface area contributed by atoms with Crippen LogP contribution in [-0.2, 0) is 9.59 Å². The van der Waals surface area contributed by atoms with Crippen molar-refractivity contribution in [1.82, 2.24) is 16.0 Å². The van der Waals surface area contributed by atoms with Gasteiger partial charge in [0.15, 0.2) is 0 Å². The maximum atomic E-state index is 10.9. The highest BCUT2D eigenvalue weighted by Gasteiger charge is 2.28. The lowest BCUT2D eigenvalue weighted by molar-refractivity contribution is -0.136. The Balaban J connectivity index is 4.84. The number of hydrogen-bond donors (Lipinski definition) is 6. The van der Waals surface area contributed by atoms with E-state index in [0.717, 1.165) is 0 Å². The van der Waals surface area contributed by atoms with Crippen LogP contribution in [0.2, 0.25) is 0 Å². The van der Waals surface area contributed by atoms with Gasteiger partial charge in [-0.1, -0.05) is 10.3 Å². The van der Waals surface area contributed by atoms with Crippen LogP contribution in [-0.4, -0.2) is 69.5 Å². The molecule has 10 nitrogen and oxygen atoms in total. The summed E-state index contributed by atoms with van der Waals surface area (Å²) in [5.74, 6) is -0.977. The fraction of sp³-hybridized carbons (Fsp3) is 0.750. The van der Waals surface area contributed by atoms with Gasteiger partial charge in [-0.15, -0.1) is 0 Å². The zero-order chi connectivity index (χ0) is 20.4. The molecule has 0 heterocycles. The van der Waals surface area contributed by atoms with E-state index in [9.17, 15) is 14.8 Å². The van der Waals surface area contributed by atoms with Gasteiger partial charge >= 0.3 is 5.97 Å². The smallest absolute Gasteiger partial charge is 0.303 e. The van der Waals surface area contributed by atoms with Crippen LogP contribution >= 0.6 is 0 Å². The largest absolute Gasteiger partial charge is 0.481 e. The van der Waals surface area contributed by atoms with Crippen molar-refractivity contribution in [3.8, 4) is 0 Å². The van der Waals surface area contributed by atoms with E-state index in [1.165, 1.54) is 0 Å². The molecule has 10 heteroatoms. The number of amides is 1. The summed E-state index contributed by atoms with van der Waals surface area (Å²) in [5, 5.41) is 42.3. The second-order valence-corrected chi connectivity index (χ2v) is 7.12. The second kappa shape index (κ2) is 10.7. The minimum Gasteiger partial charge on any atom is -0.481 e. The van der Waals surface area contributed by atoms with Crippen LogP contribution in [0.3, 0.4) is 0 Å². The molecule has 0 saturated carbocycles. The summed E-state index contributed by atoms with van der Waals surface area (Å²) < 4.78 is 0. The van der Waals surface area contributed by atoms with E-state index in [2.05, 4.69) is 26.3 Å². The van der Waals surface area contributed by atoms with Crippen LogP contribution < -0.4 is 16.0 Å². The number of aliphatic carboxylic acids is 1. The number of carbonyl (C=O) groups excluding carboxylic acids is 1. The first kappa shape index (κ1) is 23.8. The highest BCUT2D eigenvalue weighted by Crippen LogP contribution is 2.11. The standard InChI is InChI=1S/C16H31N5O5/c1-11(20-25)15(2,3)18-8-12(17-10-22)9-19-16(4,5)13(21-26)6-7-14(23)24/h10,12,18-19,25-26H,6-9H2,1-5H3,(H,17,22)(H,23,24)/b20-11+,21-13+. The molecule has 0 aromatic rings. The Labute approximate surface area is 153 Å². The van der Waals surface area contributed by atoms with Gasteiger partial charge < -0.3 is 31.5 Å². The number of oxime groups is 2. The average molecular weight is 373 g/mol. The van der Waals surface area contributed by atoms with Gasteiger partial charge in [0, 0.05) is 19.5 Å². The molecular formula is C16H31N5O5. The Bertz CT molecular complexity index is 531. The first-order valence-electron chi connectivity index (χ1n) is 8.32. The summed E-state index contributed by atoms with van der Waals surface area (Å²) in [6, 6.07) is -0.294. The van der Waals surface area contributed by atoms with Crippen molar-refractivity contribution in [2.24, 2.45) is 10.3 Å². The zero-order valence-corrected chi connectivity index (χ0v) is 16.0. The number of hydrogen-bond acceptors (Lipinski definition) is 8. The van der Waals surface area contributed by atoms with E-state index in [0.29, 0.717) is 30.9 Å². The van der Waals surface area contributed by atoms with Gasteiger partial charge in [-0.2, -0.15) is 0 Å². The van der Waals surface area contributed by atoms with Crippen molar-refractivity contribution in [3.63, 3.8) is 0 Å². The third-order valence-corrected chi connectivity index (χ3v) is 4.36.